The fraction of sp³-hybridized carbons (Fsp3) is 0. The van der Waals surface area contributed by atoms with Crippen LogP contribution >= 0.6 is 0 Å². The van der Waals surface area contributed by atoms with Crippen LogP contribution < -0.4 is 0 Å². The van der Waals surface area contributed by atoms with E-state index >= 15 is 0 Å². The molecule has 1 aromatic heterocycles. The Kier molecular flexibility index (Phi) is 4.87. The van der Waals surface area contributed by atoms with E-state index in [0.29, 0.717) is 11.1 Å². The Morgan fingerprint density at radius 3 is 1.33 bits per heavy atom. The topological polar surface area (TPSA) is 38.7 Å². The summed E-state index contributed by atoms with van der Waals surface area (Å²) >= 11 is 0. The first-order valence-corrected chi connectivity index (χ1v) is 15.5. The van der Waals surface area contributed by atoms with E-state index in [1.54, 1.807) is 0 Å². The summed E-state index contributed by atoms with van der Waals surface area (Å²) in [4.78, 5) is 14.5. The van der Waals surface area contributed by atoms with Crippen LogP contribution in [0.2, 0.25) is 0 Å². The zero-order valence-corrected chi connectivity index (χ0v) is 25.4. The van der Waals surface area contributed by atoms with Crippen molar-refractivity contribution in [1.82, 2.24) is 15.0 Å². The van der Waals surface area contributed by atoms with Crippen LogP contribution in [0.3, 0.4) is 0 Å². The Labute approximate surface area is 291 Å². The predicted octanol–water partition coefficient (Wildman–Crippen LogP) is 11.7. The monoisotopic (exact) mass is 620 g/mol. The van der Waals surface area contributed by atoms with Crippen molar-refractivity contribution in [1.29, 1.82) is 0 Å². The van der Waals surface area contributed by atoms with Crippen molar-refractivity contribution >= 4 is 32.3 Å². The SMILES string of the molecule is [2H]c1c([2H])c([2H])c(-c2c([2H])c([2H])c(-c3nc(-c4ccc(-c5ccccc5)cc4)nc(-c4ccc5c6ccccc6c6ccccc6c5c4)n3)c([2H])c2[2H])c([2H])c1[2H]. The Morgan fingerprint density at radius 1 is 0.292 bits per heavy atom. The van der Waals surface area contributed by atoms with Gasteiger partial charge in [0.05, 0.1) is 12.3 Å². The molecule has 3 nitrogen and oxygen atoms in total. The molecule has 1 heterocycles. The third-order valence-corrected chi connectivity index (χ3v) is 8.49. The predicted molar refractivity (Wildman–Crippen MR) is 200 cm³/mol. The number of hydrogen-bond donors (Lipinski definition) is 0. The minimum absolute atomic E-state index is 0.116. The zero-order chi connectivity index (χ0) is 39.7. The van der Waals surface area contributed by atoms with Gasteiger partial charge in [0.25, 0.3) is 0 Å². The molecule has 0 radical (unpaired) electrons. The first-order chi connectivity index (χ1) is 27.5. The van der Waals surface area contributed by atoms with Crippen LogP contribution in [-0.4, -0.2) is 15.0 Å². The minimum Gasteiger partial charge on any atom is -0.208 e. The molecule has 0 unspecified atom stereocenters. The van der Waals surface area contributed by atoms with Crippen LogP contribution in [0.5, 0.6) is 0 Å². The molecule has 0 bridgehead atoms. The van der Waals surface area contributed by atoms with Gasteiger partial charge < -0.3 is 0 Å². The van der Waals surface area contributed by atoms with Gasteiger partial charge >= 0.3 is 0 Å². The number of rotatable bonds is 5. The van der Waals surface area contributed by atoms with Crippen molar-refractivity contribution in [2.24, 2.45) is 0 Å². The first-order valence-electron chi connectivity index (χ1n) is 20.0. The fourth-order valence-corrected chi connectivity index (χ4v) is 6.16. The average Bonchev–Trinajstić information content (AvgIpc) is 3.25. The zero-order valence-electron chi connectivity index (χ0n) is 34.4. The highest BCUT2D eigenvalue weighted by Gasteiger charge is 2.15. The van der Waals surface area contributed by atoms with Crippen LogP contribution in [-0.2, 0) is 0 Å². The van der Waals surface area contributed by atoms with E-state index in [-0.39, 0.29) is 23.0 Å². The van der Waals surface area contributed by atoms with Gasteiger partial charge in [0.15, 0.2) is 17.5 Å². The molecule has 0 atom stereocenters. The van der Waals surface area contributed by atoms with E-state index in [0.717, 1.165) is 43.4 Å². The van der Waals surface area contributed by atoms with E-state index < -0.39 is 65.5 Å². The van der Waals surface area contributed by atoms with E-state index in [1.165, 1.54) is 0 Å². The molecule has 0 aliphatic rings. The lowest BCUT2D eigenvalue weighted by Gasteiger charge is -2.13. The molecule has 0 aliphatic carbocycles. The summed E-state index contributed by atoms with van der Waals surface area (Å²) in [7, 11) is 0. The molecule has 0 aliphatic heterocycles. The lowest BCUT2D eigenvalue weighted by atomic mass is 9.93. The van der Waals surface area contributed by atoms with Crippen LogP contribution in [0.15, 0.2) is 176 Å². The number of fused-ring (bicyclic) bond motifs is 6. The Bertz CT molecular complexity index is 3020. The molecular weight excluding hydrogens is 583 g/mol. The molecule has 224 valence electrons. The molecule has 0 amide bonds. The second kappa shape index (κ2) is 11.7. The number of hydrogen-bond acceptors (Lipinski definition) is 3. The number of benzene rings is 8. The summed E-state index contributed by atoms with van der Waals surface area (Å²) in [6.07, 6.45) is 0. The Balaban J connectivity index is 1.28. The summed E-state index contributed by atoms with van der Waals surface area (Å²) in [6.45, 7) is 0. The fourth-order valence-electron chi connectivity index (χ4n) is 6.16. The van der Waals surface area contributed by atoms with Crippen LogP contribution in [0.1, 0.15) is 12.3 Å². The smallest absolute Gasteiger partial charge is 0.164 e. The first kappa shape index (κ1) is 19.9. The quantitative estimate of drug-likeness (QED) is 0.180. The standard InChI is InChI=1S/C45H29N3/c1-3-11-30(12-4-1)32-19-23-34(24-20-32)43-46-44(35-25-21-33(22-26-35)31-13-5-2-6-14-31)48-45(47-43)36-27-28-41-39-17-8-7-15-37(39)38-16-9-10-18-40(38)42(41)29-36/h1-29H/i1D,3D,4D,11D,12D,19D,20D,23D,24D. The number of nitrogens with zero attached hydrogens (tertiary/aromatic N) is 3. The van der Waals surface area contributed by atoms with E-state index in [4.69, 9.17) is 27.3 Å². The minimum atomic E-state index is -0.645. The molecule has 3 heteroatoms. The normalized spacial score (nSPS) is 14.0. The van der Waals surface area contributed by atoms with Gasteiger partial charge in [-0.3, -0.25) is 0 Å². The Morgan fingerprint density at radius 2 is 0.708 bits per heavy atom. The maximum Gasteiger partial charge on any atom is 0.164 e. The second-order valence-electron chi connectivity index (χ2n) is 11.4. The lowest BCUT2D eigenvalue weighted by molar-refractivity contribution is 1.07. The van der Waals surface area contributed by atoms with Crippen molar-refractivity contribution in [2.45, 2.75) is 0 Å². The molecule has 9 aromatic rings. The second-order valence-corrected chi connectivity index (χ2v) is 11.4. The molecule has 0 fully saturated rings. The molecule has 0 saturated heterocycles. The Hall–Kier alpha value is -6.45. The van der Waals surface area contributed by atoms with Crippen molar-refractivity contribution in [3.8, 4) is 56.4 Å². The van der Waals surface area contributed by atoms with Crippen molar-refractivity contribution in [2.75, 3.05) is 0 Å². The molecular formula is C45H29N3. The van der Waals surface area contributed by atoms with E-state index in [1.807, 2.05) is 97.1 Å². The lowest BCUT2D eigenvalue weighted by Crippen LogP contribution is -2.00. The molecule has 0 saturated carbocycles. The van der Waals surface area contributed by atoms with E-state index in [9.17, 15) is 0 Å². The maximum atomic E-state index is 9.16. The maximum absolute atomic E-state index is 9.16. The van der Waals surface area contributed by atoms with Gasteiger partial charge in [0.2, 0.25) is 0 Å². The molecule has 48 heavy (non-hydrogen) atoms. The van der Waals surface area contributed by atoms with Gasteiger partial charge in [0.1, 0.15) is 0 Å². The average molecular weight is 621 g/mol. The summed E-state index contributed by atoms with van der Waals surface area (Å²) in [6, 6.07) is 34.5. The van der Waals surface area contributed by atoms with Crippen molar-refractivity contribution in [3.63, 3.8) is 0 Å². The molecule has 0 spiro atoms. The van der Waals surface area contributed by atoms with Crippen LogP contribution in [0.25, 0.3) is 88.7 Å². The third kappa shape index (κ3) is 4.99. The third-order valence-electron chi connectivity index (χ3n) is 8.49. The van der Waals surface area contributed by atoms with Crippen LogP contribution in [0.4, 0.5) is 0 Å². The van der Waals surface area contributed by atoms with Crippen molar-refractivity contribution in [3.05, 3.63) is 176 Å². The van der Waals surface area contributed by atoms with Gasteiger partial charge in [-0.05, 0) is 60.6 Å². The highest BCUT2D eigenvalue weighted by Crippen LogP contribution is 2.37. The summed E-state index contributed by atoms with van der Waals surface area (Å²) in [5.74, 6) is 0.368. The van der Waals surface area contributed by atoms with Gasteiger partial charge in [-0.15, -0.1) is 0 Å². The van der Waals surface area contributed by atoms with Crippen molar-refractivity contribution < 1.29 is 12.3 Å². The highest BCUT2D eigenvalue weighted by atomic mass is 15.0. The van der Waals surface area contributed by atoms with Gasteiger partial charge in [0, 0.05) is 16.7 Å². The van der Waals surface area contributed by atoms with Gasteiger partial charge in [-0.1, -0.05) is 170 Å². The molecule has 9 rings (SSSR count). The van der Waals surface area contributed by atoms with Gasteiger partial charge in [-0.25, -0.2) is 15.0 Å². The largest absolute Gasteiger partial charge is 0.208 e. The highest BCUT2D eigenvalue weighted by molar-refractivity contribution is 6.25. The van der Waals surface area contributed by atoms with Crippen LogP contribution in [0, 0.1) is 0 Å². The molecule has 0 N–H and O–H groups in total. The summed E-state index contributed by atoms with van der Waals surface area (Å²) < 4.78 is 77.7. The van der Waals surface area contributed by atoms with Gasteiger partial charge in [-0.2, -0.15) is 0 Å². The number of aromatic nitrogens is 3. The summed E-state index contributed by atoms with van der Waals surface area (Å²) in [5, 5.41) is 6.38. The molecule has 8 aromatic carbocycles. The summed E-state index contributed by atoms with van der Waals surface area (Å²) in [5.41, 5.74) is 2.22. The van der Waals surface area contributed by atoms with E-state index in [2.05, 4.69) is 24.3 Å².